The third-order valence-corrected chi connectivity index (χ3v) is 8.33. The number of carbonyl (C=O) groups excluding carboxylic acids is 2. The van der Waals surface area contributed by atoms with E-state index in [4.69, 9.17) is 25.8 Å². The maximum atomic E-state index is 14.3. The molecule has 1 aromatic heterocycles. The summed E-state index contributed by atoms with van der Waals surface area (Å²) in [6.45, 7) is 11.3. The molecule has 4 atom stereocenters. The average molecular weight is 677 g/mol. The minimum atomic E-state index is -1.20. The Morgan fingerprint density at radius 1 is 0.936 bits per heavy atom. The zero-order valence-electron chi connectivity index (χ0n) is 27.1. The number of hydrogen-bond acceptors (Lipinski definition) is 8. The largest absolute Gasteiger partial charge is 0.484 e. The van der Waals surface area contributed by atoms with Gasteiger partial charge in [-0.25, -0.2) is 23.4 Å². The normalized spacial score (nSPS) is 22.9. The number of rotatable bonds is 5. The number of benzene rings is 1. The van der Waals surface area contributed by atoms with Gasteiger partial charge in [-0.2, -0.15) is 0 Å². The molecule has 3 aliphatic rings. The lowest BCUT2D eigenvalue weighted by molar-refractivity contribution is -0.143. The van der Waals surface area contributed by atoms with Crippen LogP contribution < -0.4 is 9.64 Å². The minimum Gasteiger partial charge on any atom is -0.484 e. The molecule has 11 nitrogen and oxygen atoms in total. The molecule has 0 aliphatic carbocycles. The van der Waals surface area contributed by atoms with E-state index in [1.54, 1.807) is 65.9 Å². The van der Waals surface area contributed by atoms with E-state index < -0.39 is 70.1 Å². The van der Waals surface area contributed by atoms with Crippen LogP contribution in [0.1, 0.15) is 53.5 Å². The van der Waals surface area contributed by atoms with Gasteiger partial charge in [0.05, 0.1) is 18.6 Å². The first-order valence-corrected chi connectivity index (χ1v) is 15.7. The second-order valence-electron chi connectivity index (χ2n) is 13.9. The number of halogens is 3. The zero-order chi connectivity index (χ0) is 34.4. The quantitative estimate of drug-likeness (QED) is 0.381. The number of fused-ring (bicyclic) bond motifs is 2. The van der Waals surface area contributed by atoms with E-state index in [0.29, 0.717) is 36.5 Å². The molecule has 2 fully saturated rings. The molecule has 4 heterocycles. The van der Waals surface area contributed by atoms with E-state index >= 15 is 0 Å². The van der Waals surface area contributed by atoms with Gasteiger partial charge in [-0.3, -0.25) is 9.69 Å². The highest BCUT2D eigenvalue weighted by molar-refractivity contribution is 6.32. The van der Waals surface area contributed by atoms with Gasteiger partial charge in [0.1, 0.15) is 39.9 Å². The first kappa shape index (κ1) is 34.2. The summed E-state index contributed by atoms with van der Waals surface area (Å²) in [5.41, 5.74) is -0.574. The lowest BCUT2D eigenvalue weighted by Gasteiger charge is -2.50. The summed E-state index contributed by atoms with van der Waals surface area (Å²) < 4.78 is 45.1. The van der Waals surface area contributed by atoms with Gasteiger partial charge in [-0.05, 0) is 76.9 Å². The van der Waals surface area contributed by atoms with Crippen LogP contribution in [-0.2, 0) is 14.3 Å². The van der Waals surface area contributed by atoms with Crippen molar-refractivity contribution in [2.45, 2.75) is 77.4 Å². The van der Waals surface area contributed by atoms with Crippen LogP contribution >= 0.6 is 11.6 Å². The number of carbonyl (C=O) groups is 3. The molecule has 1 unspecified atom stereocenters. The van der Waals surface area contributed by atoms with Crippen LogP contribution in [0, 0.1) is 17.6 Å². The standard InChI is InChI=1S/C33H39ClF2N4O7/c1-32(2,3)46-30(43)39-15-19-13-21(26(29(41)42)24(17-39)40(19)31(44)47-33(4,5)6)18-7-10-25(37-14-18)38-12-11-20(16-38)45-28-23(36)9-8-22(35)27(28)34/h7-10,13-14,19-20,24,26H,11-12,15-17H2,1-6H3,(H,41,42)/t19-,20-,24-,26?/m1/s1. The minimum absolute atomic E-state index is 0.0738. The van der Waals surface area contributed by atoms with Crippen LogP contribution in [0.25, 0.3) is 5.57 Å². The second-order valence-corrected chi connectivity index (χ2v) is 14.3. The Labute approximate surface area is 277 Å². The van der Waals surface area contributed by atoms with Crippen molar-refractivity contribution in [2.24, 2.45) is 5.92 Å². The van der Waals surface area contributed by atoms with Gasteiger partial charge in [-0.1, -0.05) is 17.7 Å². The Hall–Kier alpha value is -4.13. The molecule has 2 saturated heterocycles. The van der Waals surface area contributed by atoms with E-state index in [0.717, 1.165) is 12.1 Å². The smallest absolute Gasteiger partial charge is 0.411 e. The van der Waals surface area contributed by atoms with Crippen molar-refractivity contribution < 1.29 is 42.5 Å². The molecule has 1 aromatic carbocycles. The summed E-state index contributed by atoms with van der Waals surface area (Å²) in [6.07, 6.45) is 2.03. The Bertz CT molecular complexity index is 1570. The number of piperazine rings is 1. The highest BCUT2D eigenvalue weighted by Crippen LogP contribution is 2.40. The Morgan fingerprint density at radius 3 is 2.21 bits per heavy atom. The predicted octanol–water partition coefficient (Wildman–Crippen LogP) is 5.99. The van der Waals surface area contributed by atoms with Crippen molar-refractivity contribution in [1.29, 1.82) is 0 Å². The number of carboxylic acids is 1. The Balaban J connectivity index is 1.39. The van der Waals surface area contributed by atoms with Gasteiger partial charge < -0.3 is 29.1 Å². The van der Waals surface area contributed by atoms with Gasteiger partial charge in [0.15, 0.2) is 11.6 Å². The first-order chi connectivity index (χ1) is 21.9. The molecule has 0 radical (unpaired) electrons. The molecule has 2 bridgehead atoms. The third kappa shape index (κ3) is 7.55. The number of ether oxygens (including phenoxy) is 3. The molecule has 5 rings (SSSR count). The molecule has 0 spiro atoms. The summed E-state index contributed by atoms with van der Waals surface area (Å²) in [4.78, 5) is 48.7. The third-order valence-electron chi connectivity index (χ3n) is 7.98. The zero-order valence-corrected chi connectivity index (χ0v) is 27.9. The first-order valence-electron chi connectivity index (χ1n) is 15.4. The fourth-order valence-corrected chi connectivity index (χ4v) is 6.26. The lowest BCUT2D eigenvalue weighted by atomic mass is 9.79. The number of hydrogen-bond donors (Lipinski definition) is 1. The second kappa shape index (κ2) is 12.8. The highest BCUT2D eigenvalue weighted by Gasteiger charge is 2.51. The van der Waals surface area contributed by atoms with Gasteiger partial charge in [0.2, 0.25) is 0 Å². The van der Waals surface area contributed by atoms with Crippen LogP contribution in [0.2, 0.25) is 5.02 Å². The fraction of sp³-hybridized carbons (Fsp3) is 0.515. The van der Waals surface area contributed by atoms with Gasteiger partial charge in [0.25, 0.3) is 0 Å². The maximum Gasteiger partial charge on any atom is 0.411 e. The number of anilines is 1. The van der Waals surface area contributed by atoms with E-state index in [-0.39, 0.29) is 18.8 Å². The van der Waals surface area contributed by atoms with Crippen molar-refractivity contribution in [1.82, 2.24) is 14.8 Å². The molecule has 47 heavy (non-hydrogen) atoms. The van der Waals surface area contributed by atoms with Crippen LogP contribution in [0.4, 0.5) is 24.2 Å². The molecule has 2 amide bonds. The summed E-state index contributed by atoms with van der Waals surface area (Å²) in [5.74, 6) is -3.65. The topological polar surface area (TPSA) is 122 Å². The Morgan fingerprint density at radius 2 is 1.60 bits per heavy atom. The SMILES string of the molecule is CC(C)(C)OC(=O)N1C[C@H]2C=C(c3ccc(N4CC[C@@H](Oc5c(F)ccc(F)c5Cl)C4)nc3)C(C(=O)O)[C@@H](C1)N2C(=O)OC(C)(C)C. The van der Waals surface area contributed by atoms with Crippen LogP contribution in [0.3, 0.4) is 0 Å². The van der Waals surface area contributed by atoms with Crippen LogP contribution in [0.5, 0.6) is 5.75 Å². The predicted molar refractivity (Wildman–Crippen MR) is 169 cm³/mol. The number of amides is 2. The van der Waals surface area contributed by atoms with Crippen LogP contribution in [0.15, 0.2) is 36.5 Å². The van der Waals surface area contributed by atoms with Crippen LogP contribution in [-0.4, -0.2) is 93.6 Å². The van der Waals surface area contributed by atoms with Crippen molar-refractivity contribution in [3.05, 3.63) is 58.8 Å². The molecule has 2 aromatic rings. The highest BCUT2D eigenvalue weighted by atomic mass is 35.5. The van der Waals surface area contributed by atoms with E-state index in [1.165, 1.54) is 9.80 Å². The van der Waals surface area contributed by atoms with E-state index in [9.17, 15) is 28.3 Å². The molecule has 1 N–H and O–H groups in total. The summed E-state index contributed by atoms with van der Waals surface area (Å²) in [6, 6.07) is 3.77. The summed E-state index contributed by atoms with van der Waals surface area (Å²) in [7, 11) is 0. The molecular weight excluding hydrogens is 638 g/mol. The van der Waals surface area contributed by atoms with Crippen molar-refractivity contribution in [2.75, 3.05) is 31.1 Å². The van der Waals surface area contributed by atoms with Crippen molar-refractivity contribution >= 4 is 41.1 Å². The van der Waals surface area contributed by atoms with Crippen molar-refractivity contribution in [3.63, 3.8) is 0 Å². The maximum absolute atomic E-state index is 14.3. The lowest BCUT2D eigenvalue weighted by Crippen LogP contribution is -2.66. The average Bonchev–Trinajstić information content (AvgIpc) is 3.43. The summed E-state index contributed by atoms with van der Waals surface area (Å²) >= 11 is 5.93. The number of pyridine rings is 1. The van der Waals surface area contributed by atoms with Gasteiger partial charge in [-0.15, -0.1) is 0 Å². The van der Waals surface area contributed by atoms with Gasteiger partial charge >= 0.3 is 18.2 Å². The molecule has 0 saturated carbocycles. The number of aromatic nitrogens is 1. The number of carboxylic acid groups (broad SMARTS) is 1. The molecule has 254 valence electrons. The monoisotopic (exact) mass is 676 g/mol. The van der Waals surface area contributed by atoms with Crippen molar-refractivity contribution in [3.8, 4) is 5.75 Å². The molecular formula is C33H39ClF2N4O7. The van der Waals surface area contributed by atoms with Gasteiger partial charge in [0, 0.05) is 32.3 Å². The Kier molecular flexibility index (Phi) is 9.33. The fourth-order valence-electron chi connectivity index (χ4n) is 6.06. The molecule has 14 heteroatoms. The number of aliphatic carboxylic acids is 1. The van der Waals surface area contributed by atoms with E-state index in [1.807, 2.05) is 4.90 Å². The molecule has 3 aliphatic heterocycles. The summed E-state index contributed by atoms with van der Waals surface area (Å²) in [5, 5.41) is 10.1. The number of nitrogens with zero attached hydrogens (tertiary/aromatic N) is 4. The van der Waals surface area contributed by atoms with E-state index in [2.05, 4.69) is 4.98 Å².